The Kier molecular flexibility index (Phi) is 3.99. The molecule has 0 heterocycles. The average molecular weight is 275 g/mol. The fraction of sp³-hybridized carbons (Fsp3) is 0.455. The molecule has 0 aliphatic carbocycles. The SMILES string of the molecule is COc1c(O)cc(Br)c(C)c1CC(C)O. The van der Waals surface area contributed by atoms with Gasteiger partial charge in [0.15, 0.2) is 11.5 Å². The lowest BCUT2D eigenvalue weighted by Gasteiger charge is -2.15. The zero-order valence-electron chi connectivity index (χ0n) is 9.04. The fourth-order valence-corrected chi connectivity index (χ4v) is 1.99. The maximum atomic E-state index is 9.67. The number of phenolic OH excluding ortho intramolecular Hbond substituents is 1. The molecule has 1 unspecified atom stereocenters. The summed E-state index contributed by atoms with van der Waals surface area (Å²) in [6.07, 6.45) is -0.00606. The van der Waals surface area contributed by atoms with Crippen molar-refractivity contribution in [2.24, 2.45) is 0 Å². The number of benzene rings is 1. The smallest absolute Gasteiger partial charge is 0.164 e. The molecular weight excluding hydrogens is 260 g/mol. The molecule has 1 atom stereocenters. The normalized spacial score (nSPS) is 12.6. The van der Waals surface area contributed by atoms with Crippen molar-refractivity contribution in [3.63, 3.8) is 0 Å². The summed E-state index contributed by atoms with van der Waals surface area (Å²) in [6.45, 7) is 3.63. The molecule has 0 saturated heterocycles. The number of rotatable bonds is 3. The van der Waals surface area contributed by atoms with Crippen LogP contribution in [-0.2, 0) is 6.42 Å². The second kappa shape index (κ2) is 4.86. The molecule has 1 rings (SSSR count). The molecule has 1 aromatic carbocycles. The Bertz CT molecular complexity index is 361. The molecule has 0 aromatic heterocycles. The number of ether oxygens (including phenoxy) is 1. The predicted octanol–water partition coefficient (Wildman–Crippen LogP) is 2.40. The second-order valence-electron chi connectivity index (χ2n) is 3.57. The molecule has 84 valence electrons. The first-order valence-corrected chi connectivity index (χ1v) is 5.49. The predicted molar refractivity (Wildman–Crippen MR) is 62.5 cm³/mol. The summed E-state index contributed by atoms with van der Waals surface area (Å²) >= 11 is 3.35. The van der Waals surface area contributed by atoms with Crippen molar-refractivity contribution >= 4 is 15.9 Å². The van der Waals surface area contributed by atoms with E-state index in [0.29, 0.717) is 12.2 Å². The molecule has 0 amide bonds. The molecule has 4 heteroatoms. The van der Waals surface area contributed by atoms with Crippen LogP contribution in [0.4, 0.5) is 0 Å². The molecule has 2 N–H and O–H groups in total. The minimum atomic E-state index is -0.466. The molecule has 0 aliphatic heterocycles. The van der Waals surface area contributed by atoms with E-state index in [1.54, 1.807) is 13.0 Å². The Balaban J connectivity index is 3.30. The summed E-state index contributed by atoms with van der Waals surface area (Å²) < 4.78 is 5.95. The Morgan fingerprint density at radius 2 is 2.13 bits per heavy atom. The number of aromatic hydroxyl groups is 1. The van der Waals surface area contributed by atoms with E-state index in [1.807, 2.05) is 6.92 Å². The van der Waals surface area contributed by atoms with Gasteiger partial charge in [-0.3, -0.25) is 0 Å². The van der Waals surface area contributed by atoms with E-state index in [9.17, 15) is 10.2 Å². The highest BCUT2D eigenvalue weighted by atomic mass is 79.9. The Labute approximate surface area is 97.8 Å². The lowest BCUT2D eigenvalue weighted by molar-refractivity contribution is 0.193. The van der Waals surface area contributed by atoms with Crippen molar-refractivity contribution in [2.75, 3.05) is 7.11 Å². The number of hydrogen-bond donors (Lipinski definition) is 2. The van der Waals surface area contributed by atoms with Crippen LogP contribution in [0.5, 0.6) is 11.5 Å². The molecule has 3 nitrogen and oxygen atoms in total. The molecule has 0 radical (unpaired) electrons. The third kappa shape index (κ3) is 2.63. The highest BCUT2D eigenvalue weighted by Crippen LogP contribution is 2.37. The molecule has 0 aliphatic rings. The van der Waals surface area contributed by atoms with E-state index in [2.05, 4.69) is 15.9 Å². The van der Waals surface area contributed by atoms with Crippen LogP contribution in [0, 0.1) is 6.92 Å². The van der Waals surface area contributed by atoms with Crippen molar-refractivity contribution < 1.29 is 14.9 Å². The van der Waals surface area contributed by atoms with E-state index in [-0.39, 0.29) is 5.75 Å². The van der Waals surface area contributed by atoms with Gasteiger partial charge in [-0.15, -0.1) is 0 Å². The van der Waals surface area contributed by atoms with E-state index >= 15 is 0 Å². The Morgan fingerprint density at radius 1 is 1.53 bits per heavy atom. The Hall–Kier alpha value is -0.740. The summed E-state index contributed by atoms with van der Waals surface area (Å²) in [5.74, 6) is 0.530. The first kappa shape index (κ1) is 12.3. The monoisotopic (exact) mass is 274 g/mol. The Morgan fingerprint density at radius 3 is 2.60 bits per heavy atom. The number of aliphatic hydroxyl groups excluding tert-OH is 1. The number of phenols is 1. The number of halogens is 1. The number of hydrogen-bond acceptors (Lipinski definition) is 3. The maximum Gasteiger partial charge on any atom is 0.164 e. The van der Waals surface area contributed by atoms with Crippen LogP contribution in [0.2, 0.25) is 0 Å². The molecule has 0 saturated carbocycles. The van der Waals surface area contributed by atoms with Gasteiger partial charge in [0.05, 0.1) is 13.2 Å². The van der Waals surface area contributed by atoms with Crippen molar-refractivity contribution in [3.05, 3.63) is 21.7 Å². The van der Waals surface area contributed by atoms with Gasteiger partial charge in [0.25, 0.3) is 0 Å². The van der Waals surface area contributed by atoms with Gasteiger partial charge < -0.3 is 14.9 Å². The molecule has 0 spiro atoms. The summed E-state index contributed by atoms with van der Waals surface area (Å²) in [4.78, 5) is 0. The van der Waals surface area contributed by atoms with Crippen molar-refractivity contribution in [2.45, 2.75) is 26.4 Å². The second-order valence-corrected chi connectivity index (χ2v) is 4.42. The zero-order chi connectivity index (χ0) is 11.6. The lowest BCUT2D eigenvalue weighted by atomic mass is 10.0. The van der Waals surface area contributed by atoms with Gasteiger partial charge in [-0.05, 0) is 25.5 Å². The van der Waals surface area contributed by atoms with Crippen LogP contribution in [0.25, 0.3) is 0 Å². The standard InChI is InChI=1S/C11H15BrO3/c1-6(13)4-8-7(2)9(12)5-10(14)11(8)15-3/h5-6,13-14H,4H2,1-3H3. The molecular formula is C11H15BrO3. The molecule has 0 bridgehead atoms. The van der Waals surface area contributed by atoms with Gasteiger partial charge in [-0.1, -0.05) is 15.9 Å². The van der Waals surface area contributed by atoms with E-state index in [4.69, 9.17) is 4.74 Å². The van der Waals surface area contributed by atoms with Crippen molar-refractivity contribution in [1.82, 2.24) is 0 Å². The van der Waals surface area contributed by atoms with Crippen LogP contribution in [0.15, 0.2) is 10.5 Å². The number of aliphatic hydroxyl groups is 1. The molecule has 15 heavy (non-hydrogen) atoms. The van der Waals surface area contributed by atoms with Crippen molar-refractivity contribution in [1.29, 1.82) is 0 Å². The lowest BCUT2D eigenvalue weighted by Crippen LogP contribution is -2.08. The van der Waals surface area contributed by atoms with Gasteiger partial charge in [-0.2, -0.15) is 0 Å². The van der Waals surface area contributed by atoms with Gasteiger partial charge in [0, 0.05) is 16.5 Å². The van der Waals surface area contributed by atoms with Gasteiger partial charge in [0.2, 0.25) is 0 Å². The van der Waals surface area contributed by atoms with E-state index < -0.39 is 6.10 Å². The minimum absolute atomic E-state index is 0.0885. The van der Waals surface area contributed by atoms with Crippen LogP contribution in [0.3, 0.4) is 0 Å². The maximum absolute atomic E-state index is 9.67. The van der Waals surface area contributed by atoms with Gasteiger partial charge in [-0.25, -0.2) is 0 Å². The van der Waals surface area contributed by atoms with Crippen molar-refractivity contribution in [3.8, 4) is 11.5 Å². The minimum Gasteiger partial charge on any atom is -0.504 e. The molecule has 1 aromatic rings. The largest absolute Gasteiger partial charge is 0.504 e. The third-order valence-corrected chi connectivity index (χ3v) is 3.11. The van der Waals surface area contributed by atoms with Crippen LogP contribution < -0.4 is 4.74 Å². The first-order valence-electron chi connectivity index (χ1n) is 4.70. The van der Waals surface area contributed by atoms with Crippen LogP contribution >= 0.6 is 15.9 Å². The van der Waals surface area contributed by atoms with Crippen LogP contribution in [0.1, 0.15) is 18.1 Å². The quantitative estimate of drug-likeness (QED) is 0.890. The summed E-state index contributed by atoms with van der Waals surface area (Å²) in [5.41, 5.74) is 1.81. The summed E-state index contributed by atoms with van der Waals surface area (Å²) in [5, 5.41) is 19.1. The zero-order valence-corrected chi connectivity index (χ0v) is 10.6. The number of methoxy groups -OCH3 is 1. The molecule has 0 fully saturated rings. The summed E-state index contributed by atoms with van der Waals surface area (Å²) in [7, 11) is 1.51. The highest BCUT2D eigenvalue weighted by molar-refractivity contribution is 9.10. The third-order valence-electron chi connectivity index (χ3n) is 2.28. The topological polar surface area (TPSA) is 49.7 Å². The first-order chi connectivity index (χ1) is 6.97. The van der Waals surface area contributed by atoms with E-state index in [1.165, 1.54) is 7.11 Å². The van der Waals surface area contributed by atoms with Gasteiger partial charge >= 0.3 is 0 Å². The van der Waals surface area contributed by atoms with E-state index in [0.717, 1.165) is 15.6 Å². The summed E-state index contributed by atoms with van der Waals surface area (Å²) in [6, 6.07) is 1.60. The highest BCUT2D eigenvalue weighted by Gasteiger charge is 2.16. The van der Waals surface area contributed by atoms with Gasteiger partial charge in [0.1, 0.15) is 0 Å². The average Bonchev–Trinajstić information content (AvgIpc) is 2.13. The van der Waals surface area contributed by atoms with Crippen LogP contribution in [-0.4, -0.2) is 23.4 Å². The fourth-order valence-electron chi connectivity index (χ4n) is 1.53.